The summed E-state index contributed by atoms with van der Waals surface area (Å²) in [6.45, 7) is 6.11. The number of rotatable bonds is 8. The minimum Gasteiger partial charge on any atom is -0.497 e. The molecule has 11 heteroatoms. The van der Waals surface area contributed by atoms with Gasteiger partial charge >= 0.3 is 0 Å². The van der Waals surface area contributed by atoms with Crippen LogP contribution < -0.4 is 10.5 Å². The van der Waals surface area contributed by atoms with E-state index in [2.05, 4.69) is 25.0 Å². The molecule has 0 aromatic carbocycles. The summed E-state index contributed by atoms with van der Waals surface area (Å²) in [4.78, 5) is 17.5. The molecule has 0 bridgehead atoms. The first kappa shape index (κ1) is 25.1. The average Bonchev–Trinajstić information content (AvgIpc) is 3.44. The fourth-order valence-electron chi connectivity index (χ4n) is 3.11. The molecule has 3 aromatic heterocycles. The first-order valence-corrected chi connectivity index (χ1v) is 11.7. The van der Waals surface area contributed by atoms with Gasteiger partial charge in [0.1, 0.15) is 29.0 Å². The number of hydrogen-bond acceptors (Lipinski definition) is 10. The maximum Gasteiger partial charge on any atom is 0.240 e. The monoisotopic (exact) mass is 483 g/mol. The molecule has 4 rings (SSSR count). The standard InChI is InChI=1S/C21H23N7O3S.C2H6/c1-13-24-18(11-19(25-13)31-12-20-23-6-7-32-20)28-17(26-21(22)27-28)9-14-4-5-15(29-2)10-16(8-14)30-3;1-2/h4-8,10-11,15H,9,12H2,1-3H3,(H2,22,27);1-2H3. The lowest BCUT2D eigenvalue weighted by molar-refractivity contribution is 0.172. The maximum absolute atomic E-state index is 5.93. The zero-order valence-electron chi connectivity index (χ0n) is 19.9. The second-order valence-electron chi connectivity index (χ2n) is 6.85. The van der Waals surface area contributed by atoms with E-state index < -0.39 is 0 Å². The Morgan fingerprint density at radius 3 is 2.71 bits per heavy atom. The minimum absolute atomic E-state index is 0.150. The van der Waals surface area contributed by atoms with Crippen LogP contribution in [-0.2, 0) is 22.5 Å². The van der Waals surface area contributed by atoms with Crippen molar-refractivity contribution in [2.75, 3.05) is 20.0 Å². The molecule has 0 amide bonds. The number of nitrogens with zero attached hydrogens (tertiary/aromatic N) is 6. The average molecular weight is 484 g/mol. The molecular formula is C23H29N7O3S. The van der Waals surface area contributed by atoms with Crippen molar-refractivity contribution in [3.8, 4) is 11.7 Å². The summed E-state index contributed by atoms with van der Waals surface area (Å²) in [5.74, 6) is 2.94. The molecule has 1 atom stereocenters. The number of aryl methyl sites for hydroxylation is 1. The number of nitrogens with two attached hydrogens (primary N) is 1. The highest BCUT2D eigenvalue weighted by Gasteiger charge is 2.16. The van der Waals surface area contributed by atoms with Crippen LogP contribution in [0.4, 0.5) is 5.95 Å². The van der Waals surface area contributed by atoms with Crippen LogP contribution in [0.15, 0.2) is 53.3 Å². The SMILES string of the molecule is CC.COC1=CC(OC)C=CC(Cc2nc(N)nn2-c2cc(OCc3nccs3)nc(C)n2)=C1. The van der Waals surface area contributed by atoms with E-state index >= 15 is 0 Å². The molecule has 180 valence electrons. The van der Waals surface area contributed by atoms with Crippen LogP contribution in [0.1, 0.15) is 30.5 Å². The molecule has 3 aromatic rings. The van der Waals surface area contributed by atoms with Gasteiger partial charge in [-0.1, -0.05) is 26.0 Å². The van der Waals surface area contributed by atoms with Gasteiger partial charge in [-0.25, -0.2) is 9.97 Å². The molecule has 0 aliphatic heterocycles. The first-order valence-electron chi connectivity index (χ1n) is 10.8. The third kappa shape index (κ3) is 6.49. The number of allylic oxidation sites excluding steroid dienone is 3. The summed E-state index contributed by atoms with van der Waals surface area (Å²) >= 11 is 1.52. The Labute approximate surface area is 202 Å². The first-order chi connectivity index (χ1) is 16.5. The van der Waals surface area contributed by atoms with E-state index in [0.29, 0.717) is 42.1 Å². The second-order valence-corrected chi connectivity index (χ2v) is 7.83. The van der Waals surface area contributed by atoms with E-state index in [0.717, 1.165) is 10.6 Å². The second kappa shape index (κ2) is 12.1. The van der Waals surface area contributed by atoms with Crippen LogP contribution in [0.3, 0.4) is 0 Å². The van der Waals surface area contributed by atoms with Gasteiger partial charge in [0.05, 0.1) is 13.2 Å². The van der Waals surface area contributed by atoms with Gasteiger partial charge in [0.15, 0.2) is 5.82 Å². The molecule has 0 radical (unpaired) electrons. The maximum atomic E-state index is 5.93. The Hall–Kier alpha value is -3.57. The molecule has 10 nitrogen and oxygen atoms in total. The van der Waals surface area contributed by atoms with Gasteiger partial charge in [-0.3, -0.25) is 0 Å². The molecule has 0 fully saturated rings. The summed E-state index contributed by atoms with van der Waals surface area (Å²) < 4.78 is 18.3. The lowest BCUT2D eigenvalue weighted by Crippen LogP contribution is -2.09. The molecule has 1 unspecified atom stereocenters. The number of hydrogen-bond donors (Lipinski definition) is 1. The minimum atomic E-state index is -0.177. The molecular weight excluding hydrogens is 454 g/mol. The van der Waals surface area contributed by atoms with Crippen LogP contribution >= 0.6 is 11.3 Å². The molecule has 1 aliphatic rings. The molecule has 2 N–H and O–H groups in total. The molecule has 0 saturated heterocycles. The van der Waals surface area contributed by atoms with Crippen LogP contribution in [0, 0.1) is 6.92 Å². The smallest absolute Gasteiger partial charge is 0.240 e. The summed E-state index contributed by atoms with van der Waals surface area (Å²) in [5.41, 5.74) is 6.89. The summed E-state index contributed by atoms with van der Waals surface area (Å²) in [5, 5.41) is 7.09. The lowest BCUT2D eigenvalue weighted by atomic mass is 10.1. The Morgan fingerprint density at radius 1 is 1.18 bits per heavy atom. The number of methoxy groups -OCH3 is 2. The van der Waals surface area contributed by atoms with E-state index in [1.807, 2.05) is 43.5 Å². The van der Waals surface area contributed by atoms with E-state index in [1.54, 1.807) is 38.1 Å². The highest BCUT2D eigenvalue weighted by molar-refractivity contribution is 7.09. The van der Waals surface area contributed by atoms with Crippen molar-refractivity contribution in [2.45, 2.75) is 39.9 Å². The van der Waals surface area contributed by atoms with Crippen molar-refractivity contribution in [3.63, 3.8) is 0 Å². The summed E-state index contributed by atoms with van der Waals surface area (Å²) in [6, 6.07) is 1.71. The Bertz CT molecular complexity index is 1170. The van der Waals surface area contributed by atoms with E-state index in [-0.39, 0.29) is 12.1 Å². The largest absolute Gasteiger partial charge is 0.497 e. The molecule has 3 heterocycles. The quantitative estimate of drug-likeness (QED) is 0.512. The molecule has 0 spiro atoms. The lowest BCUT2D eigenvalue weighted by Gasteiger charge is -2.09. The zero-order valence-corrected chi connectivity index (χ0v) is 20.7. The Balaban J connectivity index is 0.00000158. The number of aromatic nitrogens is 6. The molecule has 0 saturated carbocycles. The predicted octanol–water partition coefficient (Wildman–Crippen LogP) is 3.59. The van der Waals surface area contributed by atoms with Crippen molar-refractivity contribution in [2.24, 2.45) is 0 Å². The van der Waals surface area contributed by atoms with Gasteiger partial charge in [0.25, 0.3) is 0 Å². The fourth-order valence-corrected chi connectivity index (χ4v) is 3.64. The number of ether oxygens (including phenoxy) is 3. The van der Waals surface area contributed by atoms with Crippen molar-refractivity contribution >= 4 is 17.3 Å². The van der Waals surface area contributed by atoms with Gasteiger partial charge in [-0.15, -0.1) is 16.4 Å². The zero-order chi connectivity index (χ0) is 24.5. The predicted molar refractivity (Wildman–Crippen MR) is 131 cm³/mol. The topological polar surface area (TPSA) is 123 Å². The molecule has 34 heavy (non-hydrogen) atoms. The third-order valence-corrected chi connectivity index (χ3v) is 5.31. The summed E-state index contributed by atoms with van der Waals surface area (Å²) in [6.07, 6.45) is 9.75. The van der Waals surface area contributed by atoms with Crippen molar-refractivity contribution in [3.05, 3.63) is 69.9 Å². The Kier molecular flexibility index (Phi) is 8.88. The van der Waals surface area contributed by atoms with Gasteiger partial charge < -0.3 is 19.9 Å². The van der Waals surface area contributed by atoms with Gasteiger partial charge in [0, 0.05) is 31.2 Å². The van der Waals surface area contributed by atoms with Crippen LogP contribution in [-0.4, -0.2) is 50.0 Å². The van der Waals surface area contributed by atoms with E-state index in [1.165, 1.54) is 11.3 Å². The van der Waals surface area contributed by atoms with Crippen molar-refractivity contribution in [1.29, 1.82) is 0 Å². The Morgan fingerprint density at radius 2 is 2.00 bits per heavy atom. The van der Waals surface area contributed by atoms with Crippen molar-refractivity contribution < 1.29 is 14.2 Å². The summed E-state index contributed by atoms with van der Waals surface area (Å²) in [7, 11) is 3.27. The van der Waals surface area contributed by atoms with E-state index in [9.17, 15) is 0 Å². The molecule has 1 aliphatic carbocycles. The third-order valence-electron chi connectivity index (χ3n) is 4.56. The van der Waals surface area contributed by atoms with Crippen LogP contribution in [0.25, 0.3) is 5.82 Å². The normalized spacial score (nSPS) is 15.0. The number of anilines is 1. The van der Waals surface area contributed by atoms with E-state index in [4.69, 9.17) is 19.9 Å². The number of nitrogen functional groups attached to an aromatic ring is 1. The van der Waals surface area contributed by atoms with Crippen LogP contribution in [0.5, 0.6) is 5.88 Å². The van der Waals surface area contributed by atoms with Gasteiger partial charge in [-0.2, -0.15) is 14.6 Å². The fraction of sp³-hybridized carbons (Fsp3) is 0.348. The number of thiazole rings is 1. The van der Waals surface area contributed by atoms with Gasteiger partial charge in [0.2, 0.25) is 11.8 Å². The van der Waals surface area contributed by atoms with Crippen LogP contribution in [0.2, 0.25) is 0 Å². The highest BCUT2D eigenvalue weighted by atomic mass is 32.1. The highest BCUT2D eigenvalue weighted by Crippen LogP contribution is 2.21. The van der Waals surface area contributed by atoms with Gasteiger partial charge in [-0.05, 0) is 24.6 Å². The van der Waals surface area contributed by atoms with Crippen molar-refractivity contribution in [1.82, 2.24) is 29.7 Å².